The Hall–Kier alpha value is 0.340. The largest absolute Gasteiger partial charge is 0.386 e. The Morgan fingerprint density at radius 1 is 1.15 bits per heavy atom. The molecular formula is C8H6Cl4O. The molecule has 0 saturated heterocycles. The van der Waals surface area contributed by atoms with Gasteiger partial charge in [-0.1, -0.05) is 35.3 Å². The van der Waals surface area contributed by atoms with Crippen molar-refractivity contribution >= 4 is 46.4 Å². The van der Waals surface area contributed by atoms with Gasteiger partial charge in [-0.15, -0.1) is 23.2 Å². The summed E-state index contributed by atoms with van der Waals surface area (Å²) < 4.78 is 0. The first-order valence-corrected chi connectivity index (χ1v) is 5.07. The highest BCUT2D eigenvalue weighted by atomic mass is 35.5. The molecule has 0 heterocycles. The average Bonchev–Trinajstić information content (AvgIpc) is 2.08. The number of benzene rings is 1. The summed E-state index contributed by atoms with van der Waals surface area (Å²) in [5.74, 6) is 0. The Bertz CT molecular complexity index is 300. The number of aliphatic hydroxyl groups is 1. The highest BCUT2D eigenvalue weighted by Gasteiger charge is 2.19. The van der Waals surface area contributed by atoms with Crippen LogP contribution in [0.25, 0.3) is 0 Å². The number of halogens is 4. The molecule has 72 valence electrons. The van der Waals surface area contributed by atoms with Crippen LogP contribution in [-0.2, 0) is 0 Å². The number of aliphatic hydroxyl groups excluding tert-OH is 1. The molecule has 13 heavy (non-hydrogen) atoms. The molecule has 0 spiro atoms. The van der Waals surface area contributed by atoms with Crippen molar-refractivity contribution in [2.75, 3.05) is 0 Å². The first kappa shape index (κ1) is 11.4. The van der Waals surface area contributed by atoms with Crippen LogP contribution in [0.15, 0.2) is 18.2 Å². The monoisotopic (exact) mass is 258 g/mol. The van der Waals surface area contributed by atoms with Crippen molar-refractivity contribution in [2.45, 2.75) is 10.9 Å². The summed E-state index contributed by atoms with van der Waals surface area (Å²) in [6, 6.07) is 4.91. The van der Waals surface area contributed by atoms with Crippen LogP contribution < -0.4 is 0 Å². The lowest BCUT2D eigenvalue weighted by Crippen LogP contribution is -2.06. The molecule has 1 nitrogen and oxygen atoms in total. The second-order valence-electron chi connectivity index (χ2n) is 2.42. The zero-order valence-corrected chi connectivity index (χ0v) is 9.37. The molecule has 0 bridgehead atoms. The zero-order chi connectivity index (χ0) is 10.0. The maximum Gasteiger partial charge on any atom is 0.137 e. The van der Waals surface area contributed by atoms with Gasteiger partial charge in [-0.05, 0) is 6.07 Å². The van der Waals surface area contributed by atoms with Gasteiger partial charge in [0.05, 0.1) is 10.0 Å². The van der Waals surface area contributed by atoms with Gasteiger partial charge in [-0.2, -0.15) is 0 Å². The fraction of sp³-hybridized carbons (Fsp3) is 0.250. The van der Waals surface area contributed by atoms with Crippen molar-refractivity contribution < 1.29 is 5.11 Å². The lowest BCUT2D eigenvalue weighted by molar-refractivity contribution is 0.193. The molecule has 0 aliphatic heterocycles. The van der Waals surface area contributed by atoms with Crippen LogP contribution in [0.1, 0.15) is 11.7 Å². The third-order valence-electron chi connectivity index (χ3n) is 1.54. The van der Waals surface area contributed by atoms with Crippen molar-refractivity contribution in [1.82, 2.24) is 0 Å². The lowest BCUT2D eigenvalue weighted by atomic mass is 10.1. The first-order chi connectivity index (χ1) is 6.04. The second kappa shape index (κ2) is 4.72. The lowest BCUT2D eigenvalue weighted by Gasteiger charge is -2.13. The van der Waals surface area contributed by atoms with Crippen molar-refractivity contribution in [3.05, 3.63) is 33.8 Å². The summed E-state index contributed by atoms with van der Waals surface area (Å²) in [5.41, 5.74) is 0.434. The van der Waals surface area contributed by atoms with Crippen LogP contribution in [0.5, 0.6) is 0 Å². The molecule has 1 rings (SSSR count). The average molecular weight is 260 g/mol. The number of alkyl halides is 2. The molecule has 1 unspecified atom stereocenters. The van der Waals surface area contributed by atoms with E-state index in [1.54, 1.807) is 18.2 Å². The van der Waals surface area contributed by atoms with Crippen LogP contribution in [0.4, 0.5) is 0 Å². The Kier molecular flexibility index (Phi) is 4.14. The Morgan fingerprint density at radius 3 is 2.31 bits per heavy atom. The molecular weight excluding hydrogens is 254 g/mol. The molecule has 0 aliphatic carbocycles. The predicted molar refractivity (Wildman–Crippen MR) is 56.9 cm³/mol. The van der Waals surface area contributed by atoms with Gasteiger partial charge in [0.25, 0.3) is 0 Å². The van der Waals surface area contributed by atoms with E-state index in [0.717, 1.165) is 0 Å². The first-order valence-electron chi connectivity index (χ1n) is 3.44. The smallest absolute Gasteiger partial charge is 0.137 e. The molecule has 1 atom stereocenters. The van der Waals surface area contributed by atoms with Crippen LogP contribution >= 0.6 is 46.4 Å². The van der Waals surface area contributed by atoms with Gasteiger partial charge in [0.2, 0.25) is 0 Å². The second-order valence-corrected chi connectivity index (χ2v) is 4.37. The van der Waals surface area contributed by atoms with Gasteiger partial charge < -0.3 is 5.11 Å². The molecule has 0 aromatic heterocycles. The predicted octanol–water partition coefficient (Wildman–Crippen LogP) is 3.83. The summed E-state index contributed by atoms with van der Waals surface area (Å²) in [6.45, 7) is 0. The minimum atomic E-state index is -1.02. The van der Waals surface area contributed by atoms with Gasteiger partial charge in [0.1, 0.15) is 10.9 Å². The highest BCUT2D eigenvalue weighted by molar-refractivity contribution is 6.45. The van der Waals surface area contributed by atoms with E-state index in [2.05, 4.69) is 0 Å². The number of hydrogen-bond acceptors (Lipinski definition) is 1. The molecule has 0 fully saturated rings. The summed E-state index contributed by atoms with van der Waals surface area (Å²) in [6.07, 6.45) is -1.02. The molecule has 1 aromatic carbocycles. The number of hydrogen-bond donors (Lipinski definition) is 1. The Labute approximate surface area is 96.2 Å². The fourth-order valence-corrected chi connectivity index (χ4v) is 1.58. The van der Waals surface area contributed by atoms with Gasteiger partial charge >= 0.3 is 0 Å². The Morgan fingerprint density at radius 2 is 1.77 bits per heavy atom. The topological polar surface area (TPSA) is 20.2 Å². The van der Waals surface area contributed by atoms with Crippen LogP contribution in [-0.4, -0.2) is 9.94 Å². The molecule has 1 aromatic rings. The minimum absolute atomic E-state index is 0.281. The van der Waals surface area contributed by atoms with E-state index in [0.29, 0.717) is 10.6 Å². The Balaban J connectivity index is 3.07. The van der Waals surface area contributed by atoms with Gasteiger partial charge in [0, 0.05) is 5.56 Å². The minimum Gasteiger partial charge on any atom is -0.386 e. The highest BCUT2D eigenvalue weighted by Crippen LogP contribution is 2.33. The van der Waals surface area contributed by atoms with Crippen molar-refractivity contribution in [3.63, 3.8) is 0 Å². The fourth-order valence-electron chi connectivity index (χ4n) is 0.885. The molecule has 0 radical (unpaired) electrons. The quantitative estimate of drug-likeness (QED) is 0.801. The normalized spacial score (nSPS) is 13.4. The van der Waals surface area contributed by atoms with Crippen LogP contribution in [0.2, 0.25) is 10.0 Å². The summed E-state index contributed by atoms with van der Waals surface area (Å²) in [5, 5.41) is 10.1. The molecule has 0 amide bonds. The third-order valence-corrected chi connectivity index (χ3v) is 2.85. The summed E-state index contributed by atoms with van der Waals surface area (Å²) in [4.78, 5) is -0.920. The molecule has 1 N–H and O–H groups in total. The SMILES string of the molecule is OC(c1cccc(Cl)c1Cl)C(Cl)Cl. The standard InChI is InChI=1S/C8H6Cl4O/c9-5-3-1-2-4(6(5)10)7(13)8(11)12/h1-3,7-8,13H. The van der Waals surface area contributed by atoms with Gasteiger partial charge in [0.15, 0.2) is 0 Å². The van der Waals surface area contributed by atoms with E-state index in [4.69, 9.17) is 46.4 Å². The maximum atomic E-state index is 9.50. The van der Waals surface area contributed by atoms with Crippen molar-refractivity contribution in [2.24, 2.45) is 0 Å². The van der Waals surface area contributed by atoms with E-state index in [9.17, 15) is 5.11 Å². The maximum absolute atomic E-state index is 9.50. The van der Waals surface area contributed by atoms with E-state index in [-0.39, 0.29) is 5.02 Å². The zero-order valence-electron chi connectivity index (χ0n) is 6.35. The van der Waals surface area contributed by atoms with E-state index < -0.39 is 10.9 Å². The summed E-state index contributed by atoms with van der Waals surface area (Å²) in [7, 11) is 0. The van der Waals surface area contributed by atoms with E-state index in [1.165, 1.54) is 0 Å². The molecule has 5 heteroatoms. The van der Waals surface area contributed by atoms with Crippen molar-refractivity contribution in [3.8, 4) is 0 Å². The molecule has 0 aliphatic rings. The summed E-state index contributed by atoms with van der Waals surface area (Å²) >= 11 is 22.6. The van der Waals surface area contributed by atoms with Crippen molar-refractivity contribution in [1.29, 1.82) is 0 Å². The van der Waals surface area contributed by atoms with Gasteiger partial charge in [-0.3, -0.25) is 0 Å². The molecule has 0 saturated carbocycles. The van der Waals surface area contributed by atoms with E-state index >= 15 is 0 Å². The van der Waals surface area contributed by atoms with Crippen LogP contribution in [0.3, 0.4) is 0 Å². The van der Waals surface area contributed by atoms with Crippen LogP contribution in [0, 0.1) is 0 Å². The number of rotatable bonds is 2. The van der Waals surface area contributed by atoms with Gasteiger partial charge in [-0.25, -0.2) is 0 Å². The third kappa shape index (κ3) is 2.64. The van der Waals surface area contributed by atoms with E-state index in [1.807, 2.05) is 0 Å².